The Morgan fingerprint density at radius 1 is 1.12 bits per heavy atom. The smallest absolute Gasteiger partial charge is 0.379 e. The summed E-state index contributed by atoms with van der Waals surface area (Å²) in [6.45, 7) is 0. The molecule has 0 aliphatic carbocycles. The Kier molecular flexibility index (Phi) is 4.96. The Balaban J connectivity index is 1.68. The Morgan fingerprint density at radius 3 is 2.76 bits per heavy atom. The van der Waals surface area contributed by atoms with Gasteiger partial charge >= 0.3 is 5.97 Å². The van der Waals surface area contributed by atoms with Crippen LogP contribution >= 0.6 is 0 Å². The minimum absolute atomic E-state index is 0.0941. The Bertz CT molecular complexity index is 890. The number of ether oxygens (including phenoxy) is 1. The second kappa shape index (κ2) is 7.69. The van der Waals surface area contributed by atoms with Gasteiger partial charge in [-0.3, -0.25) is 9.78 Å². The van der Waals surface area contributed by atoms with Crippen LogP contribution in [0.2, 0.25) is 0 Å². The summed E-state index contributed by atoms with van der Waals surface area (Å²) in [4.78, 5) is 27.7. The molecule has 0 aliphatic rings. The van der Waals surface area contributed by atoms with Crippen molar-refractivity contribution in [3.8, 4) is 5.75 Å². The molecule has 124 valence electrons. The molecule has 0 saturated heterocycles. The molecule has 1 amide bonds. The average Bonchev–Trinajstić information content (AvgIpc) is 3.18. The third-order valence-corrected chi connectivity index (χ3v) is 3.14. The van der Waals surface area contributed by atoms with Gasteiger partial charge in [-0.05, 0) is 36.4 Å². The summed E-state index contributed by atoms with van der Waals surface area (Å²) in [5.74, 6) is -0.625. The predicted octanol–water partition coefficient (Wildman–Crippen LogP) is 2.66. The summed E-state index contributed by atoms with van der Waals surface area (Å²) in [5.41, 5.74) is 3.30. The molecular weight excluding hydrogens is 322 g/mol. The van der Waals surface area contributed by atoms with E-state index >= 15 is 0 Å². The maximum atomic E-state index is 12.0. The quantitative estimate of drug-likeness (QED) is 0.335. The monoisotopic (exact) mass is 335 g/mol. The van der Waals surface area contributed by atoms with Crippen molar-refractivity contribution in [3.05, 3.63) is 84.1 Å². The summed E-state index contributed by atoms with van der Waals surface area (Å²) in [6, 6.07) is 13.2. The number of esters is 1. The molecule has 0 fully saturated rings. The van der Waals surface area contributed by atoms with Gasteiger partial charge in [-0.25, -0.2) is 10.2 Å². The highest BCUT2D eigenvalue weighted by atomic mass is 16.5. The van der Waals surface area contributed by atoms with Crippen molar-refractivity contribution < 1.29 is 18.7 Å². The van der Waals surface area contributed by atoms with Gasteiger partial charge in [0.1, 0.15) is 5.75 Å². The molecule has 0 saturated carbocycles. The molecule has 7 nitrogen and oxygen atoms in total. The number of hydrogen-bond donors (Lipinski definition) is 1. The lowest BCUT2D eigenvalue weighted by Gasteiger charge is -2.05. The Hall–Kier alpha value is -3.74. The predicted molar refractivity (Wildman–Crippen MR) is 89.4 cm³/mol. The van der Waals surface area contributed by atoms with Crippen LogP contribution in [-0.4, -0.2) is 23.1 Å². The fraction of sp³-hybridized carbons (Fsp3) is 0. The van der Waals surface area contributed by atoms with E-state index in [0.29, 0.717) is 16.9 Å². The average molecular weight is 335 g/mol. The highest BCUT2D eigenvalue weighted by Crippen LogP contribution is 2.17. The van der Waals surface area contributed by atoms with Crippen LogP contribution in [0.1, 0.15) is 26.5 Å². The van der Waals surface area contributed by atoms with Gasteiger partial charge in [0.2, 0.25) is 5.76 Å². The molecule has 0 bridgehead atoms. The van der Waals surface area contributed by atoms with E-state index < -0.39 is 11.9 Å². The van der Waals surface area contributed by atoms with Crippen molar-refractivity contribution in [1.82, 2.24) is 10.4 Å². The summed E-state index contributed by atoms with van der Waals surface area (Å²) in [5, 5.41) is 3.88. The molecule has 2 aromatic heterocycles. The molecule has 3 rings (SSSR count). The highest BCUT2D eigenvalue weighted by Gasteiger charge is 2.13. The number of para-hydroxylation sites is 1. The van der Waals surface area contributed by atoms with Gasteiger partial charge in [-0.1, -0.05) is 12.1 Å². The Morgan fingerprint density at radius 2 is 2.00 bits per heavy atom. The van der Waals surface area contributed by atoms with Crippen LogP contribution in [0.25, 0.3) is 0 Å². The number of amides is 1. The van der Waals surface area contributed by atoms with Gasteiger partial charge in [0.25, 0.3) is 5.91 Å². The van der Waals surface area contributed by atoms with Crippen LogP contribution < -0.4 is 10.2 Å². The van der Waals surface area contributed by atoms with Crippen LogP contribution in [0, 0.1) is 0 Å². The fourth-order valence-electron chi connectivity index (χ4n) is 1.95. The number of nitrogens with one attached hydrogen (secondary N) is 1. The van der Waals surface area contributed by atoms with Crippen LogP contribution in [0.5, 0.6) is 5.75 Å². The molecule has 7 heteroatoms. The summed E-state index contributed by atoms with van der Waals surface area (Å²) < 4.78 is 10.3. The topological polar surface area (TPSA) is 93.8 Å². The number of nitrogens with zero attached hydrogens (tertiary/aromatic N) is 2. The first-order valence-corrected chi connectivity index (χ1v) is 7.32. The Labute approximate surface area is 143 Å². The molecule has 1 aromatic carbocycles. The standard InChI is InChI=1S/C18H13N3O4/c22-17(14-6-3-9-19-11-14)21-20-12-13-5-1-2-7-15(13)25-18(23)16-8-4-10-24-16/h1-12H,(H,21,22)/b20-12-. The zero-order valence-electron chi connectivity index (χ0n) is 13.0. The maximum Gasteiger partial charge on any atom is 0.379 e. The normalized spacial score (nSPS) is 10.6. The lowest BCUT2D eigenvalue weighted by atomic mass is 10.2. The van der Waals surface area contributed by atoms with Gasteiger partial charge in [0.15, 0.2) is 0 Å². The zero-order chi connectivity index (χ0) is 17.5. The van der Waals surface area contributed by atoms with E-state index in [0.717, 1.165) is 0 Å². The van der Waals surface area contributed by atoms with E-state index in [4.69, 9.17) is 9.15 Å². The number of furan rings is 1. The van der Waals surface area contributed by atoms with Gasteiger partial charge in [-0.15, -0.1) is 0 Å². The summed E-state index contributed by atoms with van der Waals surface area (Å²) >= 11 is 0. The van der Waals surface area contributed by atoms with E-state index in [1.54, 1.807) is 48.7 Å². The van der Waals surface area contributed by atoms with Crippen molar-refractivity contribution in [3.63, 3.8) is 0 Å². The lowest BCUT2D eigenvalue weighted by Crippen LogP contribution is -2.17. The lowest BCUT2D eigenvalue weighted by molar-refractivity contribution is 0.0701. The van der Waals surface area contributed by atoms with Gasteiger partial charge in [0, 0.05) is 18.0 Å². The van der Waals surface area contributed by atoms with Crippen molar-refractivity contribution in [2.24, 2.45) is 5.10 Å². The largest absolute Gasteiger partial charge is 0.457 e. The highest BCUT2D eigenvalue weighted by molar-refractivity contribution is 5.95. The molecule has 0 unspecified atom stereocenters. The number of aromatic nitrogens is 1. The minimum atomic E-state index is -0.620. The second-order valence-electron chi connectivity index (χ2n) is 4.85. The molecule has 0 atom stereocenters. The van der Waals surface area contributed by atoms with Crippen LogP contribution in [0.4, 0.5) is 0 Å². The van der Waals surface area contributed by atoms with E-state index in [1.807, 2.05) is 0 Å². The van der Waals surface area contributed by atoms with E-state index in [9.17, 15) is 9.59 Å². The van der Waals surface area contributed by atoms with Crippen LogP contribution in [-0.2, 0) is 0 Å². The number of pyridine rings is 1. The number of carbonyl (C=O) groups excluding carboxylic acids is 2. The van der Waals surface area contributed by atoms with Crippen molar-refractivity contribution in [2.45, 2.75) is 0 Å². The van der Waals surface area contributed by atoms with Crippen LogP contribution in [0.3, 0.4) is 0 Å². The van der Waals surface area contributed by atoms with Gasteiger partial charge < -0.3 is 9.15 Å². The van der Waals surface area contributed by atoms with Crippen molar-refractivity contribution in [1.29, 1.82) is 0 Å². The van der Waals surface area contributed by atoms with Gasteiger partial charge in [0.05, 0.1) is 18.0 Å². The molecule has 0 aliphatic heterocycles. The first-order chi connectivity index (χ1) is 12.2. The molecule has 0 radical (unpaired) electrons. The molecule has 2 heterocycles. The maximum absolute atomic E-state index is 12.0. The first-order valence-electron chi connectivity index (χ1n) is 7.32. The second-order valence-corrected chi connectivity index (χ2v) is 4.85. The number of hydrogen-bond acceptors (Lipinski definition) is 6. The van der Waals surface area contributed by atoms with E-state index in [2.05, 4.69) is 15.5 Å². The molecule has 3 aromatic rings. The number of hydrazone groups is 1. The first kappa shape index (κ1) is 16.1. The van der Waals surface area contributed by atoms with E-state index in [1.165, 1.54) is 24.7 Å². The molecule has 25 heavy (non-hydrogen) atoms. The van der Waals surface area contributed by atoms with Crippen molar-refractivity contribution >= 4 is 18.1 Å². The molecule has 0 spiro atoms. The van der Waals surface area contributed by atoms with Crippen LogP contribution in [0.15, 0.2) is 76.7 Å². The molecule has 1 N–H and O–H groups in total. The van der Waals surface area contributed by atoms with Gasteiger partial charge in [-0.2, -0.15) is 5.10 Å². The minimum Gasteiger partial charge on any atom is -0.457 e. The summed E-state index contributed by atoms with van der Waals surface area (Å²) in [6.07, 6.45) is 5.78. The third kappa shape index (κ3) is 4.17. The third-order valence-electron chi connectivity index (χ3n) is 3.14. The number of rotatable bonds is 5. The SMILES string of the molecule is O=C(N/N=C\c1ccccc1OC(=O)c1ccco1)c1cccnc1. The summed E-state index contributed by atoms with van der Waals surface area (Å²) in [7, 11) is 0. The van der Waals surface area contributed by atoms with E-state index in [-0.39, 0.29) is 5.76 Å². The zero-order valence-corrected chi connectivity index (χ0v) is 13.0. The van der Waals surface area contributed by atoms with Crippen molar-refractivity contribution in [2.75, 3.05) is 0 Å². The number of carbonyl (C=O) groups is 2. The molecular formula is C18H13N3O4. The number of benzene rings is 1. The fourth-order valence-corrected chi connectivity index (χ4v) is 1.95.